The van der Waals surface area contributed by atoms with Crippen molar-refractivity contribution in [2.24, 2.45) is 5.10 Å². The maximum Gasteiger partial charge on any atom is 0.151 e. The standard InChI is InChI=1S/C24H24N6O/c1-31-20-14-12-17(13-15-20)22(28-27-18-8-4-2-5-9-18)16-21-23(25)29-30(24(21)26)19-10-6-3-7-11-19/h2-15,27H,16,26H2,1H3,(H2,25,29)/b28-22-. The summed E-state index contributed by atoms with van der Waals surface area (Å²) in [5, 5.41) is 9.10. The first kappa shape index (κ1) is 20.0. The summed E-state index contributed by atoms with van der Waals surface area (Å²) < 4.78 is 6.93. The summed E-state index contributed by atoms with van der Waals surface area (Å²) >= 11 is 0. The Labute approximate surface area is 181 Å². The van der Waals surface area contributed by atoms with Gasteiger partial charge < -0.3 is 16.2 Å². The molecular weight excluding hydrogens is 388 g/mol. The van der Waals surface area contributed by atoms with E-state index in [0.717, 1.165) is 34.0 Å². The highest BCUT2D eigenvalue weighted by Gasteiger charge is 2.18. The Morgan fingerprint density at radius 2 is 1.58 bits per heavy atom. The molecule has 0 fully saturated rings. The lowest BCUT2D eigenvalue weighted by Gasteiger charge is -2.10. The number of para-hydroxylation sites is 2. The lowest BCUT2D eigenvalue weighted by molar-refractivity contribution is 0.415. The van der Waals surface area contributed by atoms with Crippen LogP contribution < -0.4 is 21.6 Å². The summed E-state index contributed by atoms with van der Waals surface area (Å²) in [5.41, 5.74) is 20.0. The number of hydrogen-bond donors (Lipinski definition) is 3. The first-order valence-electron chi connectivity index (χ1n) is 9.86. The smallest absolute Gasteiger partial charge is 0.151 e. The van der Waals surface area contributed by atoms with E-state index in [1.807, 2.05) is 84.9 Å². The van der Waals surface area contributed by atoms with Crippen LogP contribution in [-0.4, -0.2) is 22.6 Å². The topological polar surface area (TPSA) is 103 Å². The van der Waals surface area contributed by atoms with Gasteiger partial charge in [-0.15, -0.1) is 5.10 Å². The third-order valence-electron chi connectivity index (χ3n) is 4.92. The van der Waals surface area contributed by atoms with Crippen LogP contribution in [0.5, 0.6) is 5.75 Å². The van der Waals surface area contributed by atoms with E-state index in [1.54, 1.807) is 11.8 Å². The van der Waals surface area contributed by atoms with Gasteiger partial charge in [0, 0.05) is 12.0 Å². The number of nitrogens with two attached hydrogens (primary N) is 2. The van der Waals surface area contributed by atoms with Crippen molar-refractivity contribution in [3.05, 3.63) is 96.1 Å². The molecule has 0 atom stereocenters. The van der Waals surface area contributed by atoms with E-state index in [-0.39, 0.29) is 0 Å². The number of nitrogens with one attached hydrogen (secondary N) is 1. The molecule has 4 aromatic rings. The van der Waals surface area contributed by atoms with E-state index in [1.165, 1.54) is 0 Å². The van der Waals surface area contributed by atoms with Gasteiger partial charge in [0.25, 0.3) is 0 Å². The molecular formula is C24H24N6O. The Morgan fingerprint density at radius 3 is 2.23 bits per heavy atom. The van der Waals surface area contributed by atoms with Crippen molar-refractivity contribution in [2.45, 2.75) is 6.42 Å². The molecule has 0 saturated carbocycles. The molecule has 0 saturated heterocycles. The van der Waals surface area contributed by atoms with Crippen LogP contribution in [0.15, 0.2) is 90.0 Å². The molecule has 0 radical (unpaired) electrons. The highest BCUT2D eigenvalue weighted by atomic mass is 16.5. The summed E-state index contributed by atoms with van der Waals surface area (Å²) in [6.45, 7) is 0. The van der Waals surface area contributed by atoms with E-state index >= 15 is 0 Å². The molecule has 0 amide bonds. The molecule has 4 rings (SSSR count). The maximum atomic E-state index is 6.44. The zero-order chi connectivity index (χ0) is 21.6. The number of anilines is 3. The van der Waals surface area contributed by atoms with E-state index in [4.69, 9.17) is 16.2 Å². The lowest BCUT2D eigenvalue weighted by atomic mass is 10.0. The molecule has 0 spiro atoms. The average Bonchev–Trinajstić information content (AvgIpc) is 3.11. The maximum absolute atomic E-state index is 6.44. The molecule has 1 aromatic heterocycles. The second-order valence-corrected chi connectivity index (χ2v) is 6.94. The summed E-state index contributed by atoms with van der Waals surface area (Å²) in [4.78, 5) is 0. The van der Waals surface area contributed by atoms with E-state index in [0.29, 0.717) is 18.1 Å². The minimum Gasteiger partial charge on any atom is -0.497 e. The first-order valence-corrected chi connectivity index (χ1v) is 9.86. The quantitative estimate of drug-likeness (QED) is 0.313. The molecule has 31 heavy (non-hydrogen) atoms. The van der Waals surface area contributed by atoms with Crippen LogP contribution in [0.25, 0.3) is 5.69 Å². The predicted octanol–water partition coefficient (Wildman–Crippen LogP) is 4.10. The Morgan fingerprint density at radius 1 is 0.935 bits per heavy atom. The summed E-state index contributed by atoms with van der Waals surface area (Å²) in [6.07, 6.45) is 0.413. The number of benzene rings is 3. The van der Waals surface area contributed by atoms with Crippen LogP contribution in [0.3, 0.4) is 0 Å². The van der Waals surface area contributed by atoms with Crippen molar-refractivity contribution in [1.82, 2.24) is 9.78 Å². The summed E-state index contributed by atoms with van der Waals surface area (Å²) in [5.74, 6) is 1.64. The molecule has 5 N–H and O–H groups in total. The Balaban J connectivity index is 1.70. The van der Waals surface area contributed by atoms with Crippen LogP contribution in [-0.2, 0) is 6.42 Å². The van der Waals surface area contributed by atoms with Crippen LogP contribution in [0.1, 0.15) is 11.1 Å². The van der Waals surface area contributed by atoms with Gasteiger partial charge in [0.05, 0.1) is 24.2 Å². The zero-order valence-electron chi connectivity index (χ0n) is 17.2. The number of nitrogens with zero attached hydrogens (tertiary/aromatic N) is 3. The van der Waals surface area contributed by atoms with Crippen molar-refractivity contribution >= 4 is 23.0 Å². The van der Waals surface area contributed by atoms with Gasteiger partial charge in [0.15, 0.2) is 5.82 Å². The van der Waals surface area contributed by atoms with Crippen molar-refractivity contribution in [1.29, 1.82) is 0 Å². The van der Waals surface area contributed by atoms with Gasteiger partial charge in [-0.3, -0.25) is 5.43 Å². The molecule has 0 aliphatic carbocycles. The number of aromatic nitrogens is 2. The number of hydrogen-bond acceptors (Lipinski definition) is 6. The summed E-state index contributed by atoms with van der Waals surface area (Å²) in [7, 11) is 1.64. The highest BCUT2D eigenvalue weighted by molar-refractivity contribution is 6.03. The third-order valence-corrected chi connectivity index (χ3v) is 4.92. The SMILES string of the molecule is COc1ccc(/C(Cc2c(N)nn(-c3ccccc3)c2N)=N\Nc2ccccc2)cc1. The second kappa shape index (κ2) is 9.04. The van der Waals surface area contributed by atoms with Crippen molar-refractivity contribution in [3.8, 4) is 11.4 Å². The van der Waals surface area contributed by atoms with Crippen LogP contribution in [0, 0.1) is 0 Å². The molecule has 7 heteroatoms. The molecule has 0 bridgehead atoms. The number of nitrogen functional groups attached to an aromatic ring is 2. The van der Waals surface area contributed by atoms with Crippen LogP contribution in [0.2, 0.25) is 0 Å². The number of methoxy groups -OCH3 is 1. The normalized spacial score (nSPS) is 11.3. The fourth-order valence-corrected chi connectivity index (χ4v) is 3.23. The van der Waals surface area contributed by atoms with Gasteiger partial charge in [-0.1, -0.05) is 36.4 Å². The molecule has 7 nitrogen and oxygen atoms in total. The molecule has 0 aliphatic heterocycles. The minimum absolute atomic E-state index is 0.377. The fourth-order valence-electron chi connectivity index (χ4n) is 3.23. The van der Waals surface area contributed by atoms with Gasteiger partial charge in [0.1, 0.15) is 11.6 Å². The van der Waals surface area contributed by atoms with Crippen molar-refractivity contribution in [3.63, 3.8) is 0 Å². The highest BCUT2D eigenvalue weighted by Crippen LogP contribution is 2.25. The molecule has 0 unspecified atom stereocenters. The second-order valence-electron chi connectivity index (χ2n) is 6.94. The summed E-state index contributed by atoms with van der Waals surface area (Å²) in [6, 6.07) is 27.1. The minimum atomic E-state index is 0.377. The molecule has 3 aromatic carbocycles. The van der Waals surface area contributed by atoms with E-state index < -0.39 is 0 Å². The molecule has 0 aliphatic rings. The molecule has 156 valence electrons. The first-order chi connectivity index (χ1) is 15.2. The fraction of sp³-hybridized carbons (Fsp3) is 0.0833. The Bertz CT molecular complexity index is 1170. The zero-order valence-corrected chi connectivity index (χ0v) is 17.2. The van der Waals surface area contributed by atoms with Gasteiger partial charge in [-0.2, -0.15) is 5.10 Å². The molecule has 1 heterocycles. The third kappa shape index (κ3) is 4.51. The largest absolute Gasteiger partial charge is 0.497 e. The Hall–Kier alpha value is -4.26. The van der Waals surface area contributed by atoms with Crippen molar-refractivity contribution < 1.29 is 4.74 Å². The van der Waals surface area contributed by atoms with E-state index in [9.17, 15) is 0 Å². The predicted molar refractivity (Wildman–Crippen MR) is 126 cm³/mol. The van der Waals surface area contributed by atoms with Crippen molar-refractivity contribution in [2.75, 3.05) is 24.0 Å². The van der Waals surface area contributed by atoms with Gasteiger partial charge >= 0.3 is 0 Å². The monoisotopic (exact) mass is 412 g/mol. The van der Waals surface area contributed by atoms with Gasteiger partial charge in [0.2, 0.25) is 0 Å². The number of rotatable bonds is 7. The van der Waals surface area contributed by atoms with Crippen LogP contribution in [0.4, 0.5) is 17.3 Å². The van der Waals surface area contributed by atoms with Gasteiger partial charge in [-0.05, 0) is 54.1 Å². The lowest BCUT2D eigenvalue weighted by Crippen LogP contribution is -2.11. The van der Waals surface area contributed by atoms with Gasteiger partial charge in [-0.25, -0.2) is 4.68 Å². The van der Waals surface area contributed by atoms with Crippen LogP contribution >= 0.6 is 0 Å². The number of hydrazone groups is 1. The average molecular weight is 412 g/mol. The Kier molecular flexibility index (Phi) is 5.84. The van der Waals surface area contributed by atoms with E-state index in [2.05, 4.69) is 15.6 Å². The number of ether oxygens (including phenoxy) is 1.